The summed E-state index contributed by atoms with van der Waals surface area (Å²) in [6.45, 7) is -0.393. The van der Waals surface area contributed by atoms with Crippen LogP contribution in [0.3, 0.4) is 0 Å². The second-order valence-electron chi connectivity index (χ2n) is 3.18. The fourth-order valence-corrected chi connectivity index (χ4v) is 2.04. The van der Waals surface area contributed by atoms with Crippen LogP contribution in [0, 0.1) is 5.82 Å². The van der Waals surface area contributed by atoms with Crippen LogP contribution in [0.5, 0.6) is 0 Å². The maximum atomic E-state index is 12.9. The number of nitrogens with one attached hydrogen (secondary N) is 2. The summed E-state index contributed by atoms with van der Waals surface area (Å²) in [7, 11) is -2.48. The fourth-order valence-electron chi connectivity index (χ4n) is 1.02. The van der Waals surface area contributed by atoms with Crippen molar-refractivity contribution in [3.63, 3.8) is 0 Å². The van der Waals surface area contributed by atoms with Crippen molar-refractivity contribution in [3.05, 3.63) is 24.0 Å². The number of hydrogen-bond acceptors (Lipinski definition) is 4. The molecule has 1 aromatic rings. The van der Waals surface area contributed by atoms with E-state index in [0.717, 1.165) is 18.2 Å². The summed E-state index contributed by atoms with van der Waals surface area (Å²) in [4.78, 5) is 10.7. The van der Waals surface area contributed by atoms with E-state index < -0.39 is 28.3 Å². The molecule has 0 aliphatic heterocycles. The summed E-state index contributed by atoms with van der Waals surface area (Å²) >= 11 is 0. The van der Waals surface area contributed by atoms with Crippen LogP contribution in [0.4, 0.5) is 10.1 Å². The molecule has 0 spiro atoms. The molecule has 0 aliphatic carbocycles. The largest absolute Gasteiger partial charge is 0.396 e. The zero-order valence-corrected chi connectivity index (χ0v) is 9.84. The first-order valence-electron chi connectivity index (χ1n) is 4.62. The zero-order chi connectivity index (χ0) is 13.1. The summed E-state index contributed by atoms with van der Waals surface area (Å²) in [6, 6.07) is 3.00. The van der Waals surface area contributed by atoms with Gasteiger partial charge >= 0.3 is 0 Å². The van der Waals surface area contributed by atoms with Gasteiger partial charge in [0, 0.05) is 7.05 Å². The number of carbonyl (C=O) groups excluding carboxylic acids is 1. The third-order valence-electron chi connectivity index (χ3n) is 1.98. The molecule has 4 N–H and O–H groups in total. The Balaban J connectivity index is 2.90. The van der Waals surface area contributed by atoms with E-state index in [9.17, 15) is 17.6 Å². The summed E-state index contributed by atoms with van der Waals surface area (Å²) < 4.78 is 38.2. The number of nitrogens with two attached hydrogens (primary N) is 1. The van der Waals surface area contributed by atoms with Crippen molar-refractivity contribution in [2.24, 2.45) is 0 Å². The third kappa shape index (κ3) is 3.40. The number of hydrogen-bond donors (Lipinski definition) is 3. The molecule has 6 nitrogen and oxygen atoms in total. The first-order valence-corrected chi connectivity index (χ1v) is 6.10. The molecule has 0 aliphatic rings. The number of sulfonamides is 1. The maximum absolute atomic E-state index is 12.9. The van der Waals surface area contributed by atoms with Crippen LogP contribution in [-0.2, 0) is 14.8 Å². The van der Waals surface area contributed by atoms with Crippen molar-refractivity contribution in [2.75, 3.05) is 19.3 Å². The van der Waals surface area contributed by atoms with Crippen LogP contribution in [0.15, 0.2) is 23.1 Å². The molecule has 0 radical (unpaired) electrons. The fraction of sp³-hybridized carbons (Fsp3) is 0.222. The maximum Gasteiger partial charge on any atom is 0.241 e. The van der Waals surface area contributed by atoms with Gasteiger partial charge in [0.25, 0.3) is 0 Å². The predicted octanol–water partition coefficient (Wildman–Crippen LogP) is -0.568. The lowest BCUT2D eigenvalue weighted by atomic mass is 10.3. The number of rotatable bonds is 4. The molecule has 0 saturated carbocycles. The molecule has 0 saturated heterocycles. The van der Waals surface area contributed by atoms with Gasteiger partial charge in [0.1, 0.15) is 5.82 Å². The Kier molecular flexibility index (Phi) is 4.02. The van der Waals surface area contributed by atoms with E-state index in [2.05, 4.69) is 10.0 Å². The SMILES string of the molecule is CNC(=O)CNS(=O)(=O)c1ccc(F)c(N)c1. The topological polar surface area (TPSA) is 101 Å². The molecule has 0 bridgehead atoms. The van der Waals surface area contributed by atoms with Gasteiger partial charge in [0.2, 0.25) is 15.9 Å². The van der Waals surface area contributed by atoms with Crippen molar-refractivity contribution in [2.45, 2.75) is 4.90 Å². The van der Waals surface area contributed by atoms with Crippen LogP contribution >= 0.6 is 0 Å². The average molecular weight is 261 g/mol. The van der Waals surface area contributed by atoms with Gasteiger partial charge in [-0.1, -0.05) is 0 Å². The average Bonchev–Trinajstić information content (AvgIpc) is 2.29. The Morgan fingerprint density at radius 2 is 2.12 bits per heavy atom. The van der Waals surface area contributed by atoms with E-state index in [1.54, 1.807) is 0 Å². The van der Waals surface area contributed by atoms with E-state index in [1.165, 1.54) is 7.05 Å². The summed E-state index contributed by atoms with van der Waals surface area (Å²) in [5.74, 6) is -1.18. The number of carbonyl (C=O) groups is 1. The highest BCUT2D eigenvalue weighted by Gasteiger charge is 2.16. The minimum absolute atomic E-state index is 0.194. The third-order valence-corrected chi connectivity index (χ3v) is 3.38. The molecular weight excluding hydrogens is 249 g/mol. The van der Waals surface area contributed by atoms with Gasteiger partial charge < -0.3 is 11.1 Å². The molecule has 0 unspecified atom stereocenters. The standard InChI is InChI=1S/C9H12FN3O3S/c1-12-9(14)5-13-17(15,16)6-2-3-7(10)8(11)4-6/h2-4,13H,5,11H2,1H3,(H,12,14). The Morgan fingerprint density at radius 1 is 1.47 bits per heavy atom. The quantitative estimate of drug-likeness (QED) is 0.632. The molecule has 1 aromatic carbocycles. The molecule has 0 fully saturated rings. The van der Waals surface area contributed by atoms with E-state index in [0.29, 0.717) is 0 Å². The van der Waals surface area contributed by atoms with Gasteiger partial charge in [-0.3, -0.25) is 4.79 Å². The second-order valence-corrected chi connectivity index (χ2v) is 4.95. The van der Waals surface area contributed by atoms with Crippen molar-refractivity contribution < 1.29 is 17.6 Å². The van der Waals surface area contributed by atoms with E-state index in [1.807, 2.05) is 0 Å². The summed E-state index contributed by atoms with van der Waals surface area (Å²) in [6.07, 6.45) is 0. The Hall–Kier alpha value is -1.67. The van der Waals surface area contributed by atoms with Crippen molar-refractivity contribution in [1.29, 1.82) is 0 Å². The lowest BCUT2D eigenvalue weighted by Gasteiger charge is -2.06. The number of halogens is 1. The van der Waals surface area contributed by atoms with Crippen LogP contribution in [0.1, 0.15) is 0 Å². The van der Waals surface area contributed by atoms with Gasteiger partial charge in [-0.05, 0) is 18.2 Å². The Morgan fingerprint density at radius 3 is 2.65 bits per heavy atom. The molecule has 0 heterocycles. The van der Waals surface area contributed by atoms with E-state index in [4.69, 9.17) is 5.73 Å². The monoisotopic (exact) mass is 261 g/mol. The van der Waals surface area contributed by atoms with Crippen LogP contribution < -0.4 is 15.8 Å². The lowest BCUT2D eigenvalue weighted by Crippen LogP contribution is -2.35. The molecule has 0 aromatic heterocycles. The van der Waals surface area contributed by atoms with E-state index >= 15 is 0 Å². The smallest absolute Gasteiger partial charge is 0.241 e. The lowest BCUT2D eigenvalue weighted by molar-refractivity contribution is -0.119. The minimum Gasteiger partial charge on any atom is -0.396 e. The molecule has 94 valence electrons. The Labute approximate surface area is 98.1 Å². The van der Waals surface area contributed by atoms with Crippen molar-refractivity contribution >= 4 is 21.6 Å². The number of likely N-dealkylation sites (N-methyl/N-ethyl adjacent to an activating group) is 1. The summed E-state index contributed by atoms with van der Waals surface area (Å²) in [5, 5.41) is 2.26. The predicted molar refractivity (Wildman–Crippen MR) is 60.1 cm³/mol. The molecule has 8 heteroatoms. The number of amides is 1. The van der Waals surface area contributed by atoms with Crippen molar-refractivity contribution in [1.82, 2.24) is 10.0 Å². The van der Waals surface area contributed by atoms with Crippen LogP contribution in [-0.4, -0.2) is 27.9 Å². The van der Waals surface area contributed by atoms with Crippen LogP contribution in [0.25, 0.3) is 0 Å². The number of benzene rings is 1. The van der Waals surface area contributed by atoms with Gasteiger partial charge in [-0.25, -0.2) is 17.5 Å². The first kappa shape index (κ1) is 13.4. The second kappa shape index (κ2) is 5.11. The summed E-state index contributed by atoms with van der Waals surface area (Å²) in [5.41, 5.74) is 4.98. The first-order chi connectivity index (χ1) is 7.86. The molecule has 0 atom stereocenters. The molecule has 17 heavy (non-hydrogen) atoms. The Bertz CT molecular complexity index is 530. The highest BCUT2D eigenvalue weighted by atomic mass is 32.2. The van der Waals surface area contributed by atoms with Crippen LogP contribution in [0.2, 0.25) is 0 Å². The normalized spacial score (nSPS) is 11.2. The van der Waals surface area contributed by atoms with Gasteiger partial charge in [0.05, 0.1) is 17.1 Å². The number of anilines is 1. The van der Waals surface area contributed by atoms with Gasteiger partial charge in [0.15, 0.2) is 0 Å². The van der Waals surface area contributed by atoms with Gasteiger partial charge in [-0.15, -0.1) is 0 Å². The number of nitrogen functional groups attached to an aromatic ring is 1. The minimum atomic E-state index is -3.86. The molecule has 1 rings (SSSR count). The van der Waals surface area contributed by atoms with E-state index in [-0.39, 0.29) is 10.6 Å². The van der Waals surface area contributed by atoms with Gasteiger partial charge in [-0.2, -0.15) is 0 Å². The highest BCUT2D eigenvalue weighted by Crippen LogP contribution is 2.16. The highest BCUT2D eigenvalue weighted by molar-refractivity contribution is 7.89. The van der Waals surface area contributed by atoms with Crippen molar-refractivity contribution in [3.8, 4) is 0 Å². The molecular formula is C9H12FN3O3S. The zero-order valence-electron chi connectivity index (χ0n) is 9.03. The molecule has 1 amide bonds.